The molecule has 1 fully saturated rings. The van der Waals surface area contributed by atoms with Crippen LogP contribution in [0.2, 0.25) is 0 Å². The summed E-state index contributed by atoms with van der Waals surface area (Å²) in [7, 11) is 0. The maximum absolute atomic E-state index is 12.6. The SMILES string of the molecule is CC1CCc2ccccc2C1NC(=O)C1CCC(C(=O)O)CC1. The molecular formula is C19H25NO3. The van der Waals surface area contributed by atoms with Crippen LogP contribution in [0.5, 0.6) is 0 Å². The van der Waals surface area contributed by atoms with Crippen LogP contribution >= 0.6 is 0 Å². The van der Waals surface area contributed by atoms with Crippen LogP contribution in [-0.4, -0.2) is 17.0 Å². The summed E-state index contributed by atoms with van der Waals surface area (Å²) in [6, 6.07) is 8.45. The molecule has 23 heavy (non-hydrogen) atoms. The van der Waals surface area contributed by atoms with E-state index in [4.69, 9.17) is 5.11 Å². The van der Waals surface area contributed by atoms with E-state index in [0.717, 1.165) is 12.8 Å². The summed E-state index contributed by atoms with van der Waals surface area (Å²) < 4.78 is 0. The predicted molar refractivity (Wildman–Crippen MR) is 87.9 cm³/mol. The molecule has 1 amide bonds. The lowest BCUT2D eigenvalue weighted by Gasteiger charge is -2.34. The Bertz CT molecular complexity index is 590. The molecule has 0 heterocycles. The average molecular weight is 315 g/mol. The maximum atomic E-state index is 12.6. The largest absolute Gasteiger partial charge is 0.481 e. The molecule has 2 aliphatic rings. The minimum atomic E-state index is -0.723. The molecule has 0 spiro atoms. The lowest BCUT2D eigenvalue weighted by molar-refractivity contribution is -0.144. The summed E-state index contributed by atoms with van der Waals surface area (Å²) in [4.78, 5) is 23.7. The normalized spacial score (nSPS) is 30.3. The van der Waals surface area contributed by atoms with E-state index >= 15 is 0 Å². The van der Waals surface area contributed by atoms with Gasteiger partial charge in [-0.2, -0.15) is 0 Å². The highest BCUT2D eigenvalue weighted by Crippen LogP contribution is 2.35. The molecule has 4 nitrogen and oxygen atoms in total. The zero-order valence-corrected chi connectivity index (χ0v) is 13.6. The Balaban J connectivity index is 1.65. The highest BCUT2D eigenvalue weighted by atomic mass is 16.4. The number of carbonyl (C=O) groups excluding carboxylic acids is 1. The molecule has 0 bridgehead atoms. The second-order valence-corrected chi connectivity index (χ2v) is 7.09. The molecule has 0 aromatic heterocycles. The molecule has 3 rings (SSSR count). The fraction of sp³-hybridized carbons (Fsp3) is 0.579. The Morgan fingerprint density at radius 2 is 1.70 bits per heavy atom. The third-order valence-electron chi connectivity index (χ3n) is 5.57. The van der Waals surface area contributed by atoms with Gasteiger partial charge in [-0.15, -0.1) is 0 Å². The molecule has 2 N–H and O–H groups in total. The van der Waals surface area contributed by atoms with Crippen molar-refractivity contribution in [3.05, 3.63) is 35.4 Å². The first-order valence-corrected chi connectivity index (χ1v) is 8.67. The number of hydrogen-bond donors (Lipinski definition) is 2. The van der Waals surface area contributed by atoms with Gasteiger partial charge < -0.3 is 10.4 Å². The molecule has 2 aliphatic carbocycles. The van der Waals surface area contributed by atoms with E-state index in [0.29, 0.717) is 31.6 Å². The van der Waals surface area contributed by atoms with Gasteiger partial charge in [-0.05, 0) is 55.6 Å². The predicted octanol–water partition coefficient (Wildman–Crippen LogP) is 3.32. The summed E-state index contributed by atoms with van der Waals surface area (Å²) in [5.74, 6) is -0.495. The summed E-state index contributed by atoms with van der Waals surface area (Å²) in [5.41, 5.74) is 2.59. The molecule has 2 unspecified atom stereocenters. The standard InChI is InChI=1S/C19H25NO3/c1-12-6-7-13-4-2-3-5-16(13)17(12)20-18(21)14-8-10-15(11-9-14)19(22)23/h2-5,12,14-15,17H,6-11H2,1H3,(H,20,21)(H,22,23). The van der Waals surface area contributed by atoms with E-state index in [1.165, 1.54) is 11.1 Å². The van der Waals surface area contributed by atoms with Gasteiger partial charge in [0.25, 0.3) is 0 Å². The van der Waals surface area contributed by atoms with Gasteiger partial charge in [-0.1, -0.05) is 31.2 Å². The zero-order valence-electron chi connectivity index (χ0n) is 13.6. The van der Waals surface area contributed by atoms with E-state index < -0.39 is 5.97 Å². The third-order valence-corrected chi connectivity index (χ3v) is 5.57. The quantitative estimate of drug-likeness (QED) is 0.899. The molecule has 0 aliphatic heterocycles. The van der Waals surface area contributed by atoms with E-state index in [1.807, 2.05) is 6.07 Å². The lowest BCUT2D eigenvalue weighted by atomic mass is 9.79. The van der Waals surface area contributed by atoms with Crippen molar-refractivity contribution in [3.8, 4) is 0 Å². The fourth-order valence-corrected chi connectivity index (χ4v) is 4.02. The molecule has 4 heteroatoms. The lowest BCUT2D eigenvalue weighted by Crippen LogP contribution is -2.40. The van der Waals surface area contributed by atoms with Crippen molar-refractivity contribution in [2.24, 2.45) is 17.8 Å². The minimum absolute atomic E-state index is 0.0353. The topological polar surface area (TPSA) is 66.4 Å². The smallest absolute Gasteiger partial charge is 0.306 e. The summed E-state index contributed by atoms with van der Waals surface area (Å²) in [6.07, 6.45) is 4.77. The van der Waals surface area contributed by atoms with Crippen molar-refractivity contribution in [2.45, 2.75) is 51.5 Å². The number of nitrogens with one attached hydrogen (secondary N) is 1. The number of carbonyl (C=O) groups is 2. The van der Waals surface area contributed by atoms with E-state index in [2.05, 4.69) is 30.4 Å². The second-order valence-electron chi connectivity index (χ2n) is 7.09. The average Bonchev–Trinajstić information content (AvgIpc) is 2.57. The van der Waals surface area contributed by atoms with Gasteiger partial charge in [-0.25, -0.2) is 0 Å². The number of carboxylic acid groups (broad SMARTS) is 1. The Kier molecular flexibility index (Phi) is 4.69. The Hall–Kier alpha value is -1.84. The van der Waals surface area contributed by atoms with Crippen molar-refractivity contribution in [1.82, 2.24) is 5.32 Å². The van der Waals surface area contributed by atoms with Gasteiger partial charge in [0.2, 0.25) is 5.91 Å². The van der Waals surface area contributed by atoms with Crippen LogP contribution in [-0.2, 0) is 16.0 Å². The van der Waals surface area contributed by atoms with Crippen molar-refractivity contribution < 1.29 is 14.7 Å². The number of carboxylic acids is 1. The van der Waals surface area contributed by atoms with Crippen LogP contribution in [0.15, 0.2) is 24.3 Å². The van der Waals surface area contributed by atoms with Gasteiger partial charge in [0, 0.05) is 5.92 Å². The number of hydrogen-bond acceptors (Lipinski definition) is 2. The van der Waals surface area contributed by atoms with E-state index in [1.54, 1.807) is 0 Å². The second kappa shape index (κ2) is 6.73. The Morgan fingerprint density at radius 1 is 1.04 bits per heavy atom. The third kappa shape index (κ3) is 3.41. The van der Waals surface area contributed by atoms with Crippen molar-refractivity contribution >= 4 is 11.9 Å². The van der Waals surface area contributed by atoms with Crippen molar-refractivity contribution in [1.29, 1.82) is 0 Å². The summed E-state index contributed by atoms with van der Waals surface area (Å²) in [5, 5.41) is 12.3. The molecule has 2 atom stereocenters. The van der Waals surface area contributed by atoms with Crippen LogP contribution in [0.4, 0.5) is 0 Å². The van der Waals surface area contributed by atoms with Crippen LogP contribution < -0.4 is 5.32 Å². The number of benzene rings is 1. The van der Waals surface area contributed by atoms with Crippen molar-refractivity contribution in [2.75, 3.05) is 0 Å². The number of amides is 1. The van der Waals surface area contributed by atoms with Crippen LogP contribution in [0.1, 0.15) is 56.2 Å². The molecule has 1 aromatic carbocycles. The first-order chi connectivity index (χ1) is 11.1. The van der Waals surface area contributed by atoms with Crippen molar-refractivity contribution in [3.63, 3.8) is 0 Å². The van der Waals surface area contributed by atoms with Gasteiger partial charge in [-0.3, -0.25) is 9.59 Å². The minimum Gasteiger partial charge on any atom is -0.481 e. The van der Waals surface area contributed by atoms with Gasteiger partial charge in [0.05, 0.1) is 12.0 Å². The van der Waals surface area contributed by atoms with Gasteiger partial charge in [0.1, 0.15) is 0 Å². The summed E-state index contributed by atoms with van der Waals surface area (Å²) in [6.45, 7) is 2.20. The first-order valence-electron chi connectivity index (χ1n) is 8.67. The molecule has 0 saturated heterocycles. The highest BCUT2D eigenvalue weighted by Gasteiger charge is 2.33. The monoisotopic (exact) mass is 315 g/mol. The van der Waals surface area contributed by atoms with Gasteiger partial charge in [0.15, 0.2) is 0 Å². The molecular weight excluding hydrogens is 290 g/mol. The van der Waals surface area contributed by atoms with Crippen LogP contribution in [0, 0.1) is 17.8 Å². The number of aliphatic carboxylic acids is 1. The molecule has 1 saturated carbocycles. The Morgan fingerprint density at radius 3 is 2.39 bits per heavy atom. The number of fused-ring (bicyclic) bond motifs is 1. The number of aryl methyl sites for hydroxylation is 1. The Labute approximate surface area is 137 Å². The molecule has 124 valence electrons. The highest BCUT2D eigenvalue weighted by molar-refractivity contribution is 5.80. The van der Waals surface area contributed by atoms with Crippen LogP contribution in [0.3, 0.4) is 0 Å². The number of rotatable bonds is 3. The molecule has 0 radical (unpaired) electrons. The van der Waals surface area contributed by atoms with Crippen LogP contribution in [0.25, 0.3) is 0 Å². The first kappa shape index (κ1) is 16.0. The fourth-order valence-electron chi connectivity index (χ4n) is 4.02. The molecule has 1 aromatic rings. The van der Waals surface area contributed by atoms with E-state index in [-0.39, 0.29) is 23.8 Å². The maximum Gasteiger partial charge on any atom is 0.306 e. The summed E-state index contributed by atoms with van der Waals surface area (Å²) >= 11 is 0. The zero-order chi connectivity index (χ0) is 16.4. The van der Waals surface area contributed by atoms with Gasteiger partial charge >= 0.3 is 5.97 Å². The van der Waals surface area contributed by atoms with E-state index in [9.17, 15) is 9.59 Å².